The molecule has 3 fully saturated rings. The minimum Gasteiger partial charge on any atom is -0.360 e. The average Bonchev–Trinajstić information content (AvgIpc) is 3.41. The third kappa shape index (κ3) is 4.28. The molecule has 0 aromatic carbocycles. The number of hydrogen-bond acceptors (Lipinski definition) is 6. The molecule has 10 heteroatoms. The Morgan fingerprint density at radius 3 is 2.50 bits per heavy atom. The van der Waals surface area contributed by atoms with Gasteiger partial charge in [-0.05, 0) is 53.5 Å². The normalized spacial score (nSPS) is 32.3. The third-order valence-corrected chi connectivity index (χ3v) is 8.96. The Kier molecular flexibility index (Phi) is 5.95. The van der Waals surface area contributed by atoms with Crippen LogP contribution in [0.25, 0.3) is 0 Å². The van der Waals surface area contributed by atoms with Gasteiger partial charge in [-0.15, -0.1) is 0 Å². The molecule has 2 saturated heterocycles. The highest BCUT2D eigenvalue weighted by atomic mass is 32.2. The van der Waals surface area contributed by atoms with Gasteiger partial charge >= 0.3 is 0 Å². The van der Waals surface area contributed by atoms with Gasteiger partial charge in [0.2, 0.25) is 0 Å². The zero-order chi connectivity index (χ0) is 21.6. The monoisotopic (exact) mass is 439 g/mol. The van der Waals surface area contributed by atoms with Crippen LogP contribution in [0, 0.1) is 0 Å². The first-order chi connectivity index (χ1) is 14.2. The molecule has 1 saturated carbocycles. The van der Waals surface area contributed by atoms with E-state index in [0.29, 0.717) is 37.5 Å². The van der Waals surface area contributed by atoms with E-state index in [2.05, 4.69) is 22.3 Å². The number of piperazine rings is 1. The Morgan fingerprint density at radius 2 is 1.83 bits per heavy atom. The fraction of sp³-hybridized carbons (Fsp3) is 0.800. The highest BCUT2D eigenvalue weighted by Crippen LogP contribution is 2.40. The van der Waals surface area contributed by atoms with Crippen molar-refractivity contribution in [2.75, 3.05) is 26.7 Å². The molecule has 9 nitrogen and oxygen atoms in total. The van der Waals surface area contributed by atoms with Crippen molar-refractivity contribution in [3.8, 4) is 0 Å². The Hall–Kier alpha value is -1.49. The van der Waals surface area contributed by atoms with E-state index < -0.39 is 10.2 Å². The molecule has 4 rings (SSSR count). The number of carbonyl (C=O) groups is 1. The molecule has 30 heavy (non-hydrogen) atoms. The van der Waals surface area contributed by atoms with Gasteiger partial charge in [-0.25, -0.2) is 0 Å². The molecule has 1 aromatic heterocycles. The van der Waals surface area contributed by atoms with Crippen LogP contribution in [0.4, 0.5) is 0 Å². The number of amides is 1. The maximum atomic E-state index is 13.4. The highest BCUT2D eigenvalue weighted by Gasteiger charge is 2.42. The molecule has 1 aliphatic carbocycles. The quantitative estimate of drug-likeness (QED) is 0.745. The molecule has 3 aliphatic rings. The van der Waals surface area contributed by atoms with Gasteiger partial charge in [0.05, 0.1) is 0 Å². The maximum Gasteiger partial charge on any atom is 0.282 e. The minimum atomic E-state index is -3.54. The molecular weight excluding hydrogens is 406 g/mol. The van der Waals surface area contributed by atoms with E-state index in [1.807, 2.05) is 20.9 Å². The van der Waals surface area contributed by atoms with Crippen LogP contribution in [0.3, 0.4) is 0 Å². The smallest absolute Gasteiger partial charge is 0.282 e. The van der Waals surface area contributed by atoms with E-state index in [-0.39, 0.29) is 30.1 Å². The summed E-state index contributed by atoms with van der Waals surface area (Å²) in [5.74, 6) is 0.942. The summed E-state index contributed by atoms with van der Waals surface area (Å²) in [5.41, 5.74) is 0.305. The second-order valence-electron chi connectivity index (χ2n) is 9.26. The van der Waals surface area contributed by atoms with Crippen LogP contribution in [0.1, 0.15) is 68.6 Å². The van der Waals surface area contributed by atoms with Crippen molar-refractivity contribution >= 4 is 16.1 Å². The summed E-state index contributed by atoms with van der Waals surface area (Å²) in [4.78, 5) is 14.7. The second-order valence-corrected chi connectivity index (χ2v) is 11.1. The Balaban J connectivity index is 1.36. The first-order valence-electron chi connectivity index (χ1n) is 10.9. The molecule has 2 aliphatic heterocycles. The summed E-state index contributed by atoms with van der Waals surface area (Å²) in [6, 6.07) is 1.59. The van der Waals surface area contributed by atoms with Crippen molar-refractivity contribution in [1.82, 2.24) is 24.0 Å². The number of likely N-dealkylation sites (N-methyl/N-ethyl adjacent to an activating group) is 1. The van der Waals surface area contributed by atoms with Gasteiger partial charge in [-0.1, -0.05) is 5.16 Å². The predicted octanol–water partition coefficient (Wildman–Crippen LogP) is 1.40. The lowest BCUT2D eigenvalue weighted by atomic mass is 10.0. The zero-order valence-corrected chi connectivity index (χ0v) is 19.1. The fourth-order valence-corrected chi connectivity index (χ4v) is 6.64. The fourth-order valence-electron chi connectivity index (χ4n) is 4.56. The molecular formula is C20H33N5O4S. The summed E-state index contributed by atoms with van der Waals surface area (Å²) in [5, 5.41) is 6.90. The average molecular weight is 440 g/mol. The summed E-state index contributed by atoms with van der Waals surface area (Å²) in [6.45, 7) is 7.56. The van der Waals surface area contributed by atoms with Gasteiger partial charge in [0, 0.05) is 55.8 Å². The van der Waals surface area contributed by atoms with Gasteiger partial charge < -0.3 is 14.7 Å². The number of hydrogen-bond donors (Lipinski definition) is 1. The summed E-state index contributed by atoms with van der Waals surface area (Å²) < 4.78 is 35.2. The Morgan fingerprint density at radius 1 is 1.10 bits per heavy atom. The lowest BCUT2D eigenvalue weighted by molar-refractivity contribution is 0.0893. The molecule has 0 radical (unpaired) electrons. The van der Waals surface area contributed by atoms with Crippen LogP contribution in [-0.2, 0) is 10.2 Å². The summed E-state index contributed by atoms with van der Waals surface area (Å²) in [6.07, 6.45) is 3.34. The van der Waals surface area contributed by atoms with Crippen molar-refractivity contribution in [3.63, 3.8) is 0 Å². The van der Waals surface area contributed by atoms with Crippen molar-refractivity contribution < 1.29 is 17.7 Å². The molecule has 1 N–H and O–H groups in total. The highest BCUT2D eigenvalue weighted by molar-refractivity contribution is 7.86. The third-order valence-electron chi connectivity index (χ3n) is 6.72. The number of rotatable bonds is 5. The van der Waals surface area contributed by atoms with Gasteiger partial charge in [-0.3, -0.25) is 4.79 Å². The standard InChI is InChI=1S/C20H33N5O4S/c1-13-9-17(21-20(26)18-10-19(29-22-18)16-5-6-16)7-8-24(13)30(27,28)25-12-14(2)23(4)11-15(25)3/h10,13-17H,5-9,11-12H2,1-4H3,(H,21,26)/t13-,14+,15-,17-/m0/s1. The van der Waals surface area contributed by atoms with Crippen molar-refractivity contribution in [1.29, 1.82) is 0 Å². The number of carbonyl (C=O) groups excluding carboxylic acids is 1. The number of aromatic nitrogens is 1. The van der Waals surface area contributed by atoms with Crippen LogP contribution in [0.15, 0.2) is 10.6 Å². The van der Waals surface area contributed by atoms with Crippen LogP contribution < -0.4 is 5.32 Å². The van der Waals surface area contributed by atoms with Gasteiger partial charge in [-0.2, -0.15) is 17.0 Å². The molecule has 168 valence electrons. The van der Waals surface area contributed by atoms with Crippen LogP contribution >= 0.6 is 0 Å². The molecule has 1 amide bonds. The molecule has 0 bridgehead atoms. The first kappa shape index (κ1) is 21.7. The first-order valence-corrected chi connectivity index (χ1v) is 12.3. The lowest BCUT2D eigenvalue weighted by Gasteiger charge is -2.45. The van der Waals surface area contributed by atoms with Crippen LogP contribution in [0.2, 0.25) is 0 Å². The van der Waals surface area contributed by atoms with E-state index in [1.165, 1.54) is 0 Å². The molecule has 0 spiro atoms. The summed E-state index contributed by atoms with van der Waals surface area (Å²) in [7, 11) is -1.51. The van der Waals surface area contributed by atoms with Crippen molar-refractivity contribution in [3.05, 3.63) is 17.5 Å². The lowest BCUT2D eigenvalue weighted by Crippen LogP contribution is -2.62. The topological polar surface area (TPSA) is 99.0 Å². The molecule has 1 aromatic rings. The zero-order valence-electron chi connectivity index (χ0n) is 18.2. The van der Waals surface area contributed by atoms with E-state index in [9.17, 15) is 13.2 Å². The van der Waals surface area contributed by atoms with Crippen molar-refractivity contribution in [2.45, 2.75) is 76.5 Å². The number of nitrogens with one attached hydrogen (secondary N) is 1. The molecule has 4 atom stereocenters. The van der Waals surface area contributed by atoms with E-state index >= 15 is 0 Å². The SMILES string of the molecule is C[C@@H]1CN(S(=O)(=O)N2CC[C@H](NC(=O)c3cc(C4CC4)on3)C[C@@H]2C)[C@@H](C)CN1C. The molecule has 0 unspecified atom stereocenters. The second kappa shape index (κ2) is 8.22. The Bertz CT molecular complexity index is 884. The largest absolute Gasteiger partial charge is 0.360 e. The minimum absolute atomic E-state index is 0.0614. The van der Waals surface area contributed by atoms with Crippen LogP contribution in [-0.4, -0.2) is 83.8 Å². The summed E-state index contributed by atoms with van der Waals surface area (Å²) >= 11 is 0. The molecule has 3 heterocycles. The van der Waals surface area contributed by atoms with Crippen molar-refractivity contribution in [2.24, 2.45) is 0 Å². The van der Waals surface area contributed by atoms with E-state index in [1.54, 1.807) is 14.7 Å². The van der Waals surface area contributed by atoms with Crippen LogP contribution in [0.5, 0.6) is 0 Å². The number of piperidine rings is 1. The predicted molar refractivity (Wildman–Crippen MR) is 112 cm³/mol. The van der Waals surface area contributed by atoms with E-state index in [4.69, 9.17) is 4.52 Å². The van der Waals surface area contributed by atoms with Gasteiger partial charge in [0.25, 0.3) is 16.1 Å². The maximum absolute atomic E-state index is 13.4. The van der Waals surface area contributed by atoms with Gasteiger partial charge in [0.15, 0.2) is 5.69 Å². The van der Waals surface area contributed by atoms with E-state index in [0.717, 1.165) is 25.1 Å². The Labute approximate surface area is 178 Å². The number of nitrogens with zero attached hydrogens (tertiary/aromatic N) is 4. The van der Waals surface area contributed by atoms with Gasteiger partial charge in [0.1, 0.15) is 5.76 Å².